The van der Waals surface area contributed by atoms with Gasteiger partial charge < -0.3 is 25.0 Å². The van der Waals surface area contributed by atoms with Crippen LogP contribution >= 0.6 is 0 Å². The number of methoxy groups -OCH3 is 1. The maximum atomic E-state index is 9.60. The lowest BCUT2D eigenvalue weighted by molar-refractivity contribution is 0.0137. The van der Waals surface area contributed by atoms with Crippen molar-refractivity contribution in [2.45, 2.75) is 12.6 Å². The van der Waals surface area contributed by atoms with Gasteiger partial charge in [-0.2, -0.15) is 0 Å². The molecule has 0 aliphatic rings. The summed E-state index contributed by atoms with van der Waals surface area (Å²) in [5.41, 5.74) is 1.06. The Balaban J connectivity index is 2.07. The van der Waals surface area contributed by atoms with Crippen LogP contribution in [-0.4, -0.2) is 49.8 Å². The summed E-state index contributed by atoms with van der Waals surface area (Å²) in [6.07, 6.45) is -0.529. The molecule has 0 bridgehead atoms. The fourth-order valence-electron chi connectivity index (χ4n) is 1.42. The highest BCUT2D eigenvalue weighted by Gasteiger charge is 2.03. The van der Waals surface area contributed by atoms with Gasteiger partial charge in [0.25, 0.3) is 0 Å². The predicted molar refractivity (Wildman–Crippen MR) is 68.5 cm³/mol. The standard InChI is InChI=1S/C13H21NO4/c1-17-6-7-18-10-13(16)9-14-8-11-2-4-12(15)5-3-11/h2-5,13-16H,6-10H2,1H3. The molecule has 3 N–H and O–H groups in total. The van der Waals surface area contributed by atoms with Crippen LogP contribution < -0.4 is 5.32 Å². The molecule has 1 atom stereocenters. The fourth-order valence-corrected chi connectivity index (χ4v) is 1.42. The van der Waals surface area contributed by atoms with E-state index in [1.165, 1.54) is 0 Å². The Morgan fingerprint density at radius 3 is 2.61 bits per heavy atom. The molecule has 0 amide bonds. The molecule has 1 rings (SSSR count). The summed E-state index contributed by atoms with van der Waals surface area (Å²) < 4.78 is 10.0. The highest BCUT2D eigenvalue weighted by Crippen LogP contribution is 2.08. The van der Waals surface area contributed by atoms with Crippen LogP contribution in [0.3, 0.4) is 0 Å². The first-order valence-corrected chi connectivity index (χ1v) is 5.95. The molecule has 0 radical (unpaired) electrons. The van der Waals surface area contributed by atoms with Crippen molar-refractivity contribution >= 4 is 0 Å². The van der Waals surface area contributed by atoms with E-state index in [-0.39, 0.29) is 5.75 Å². The molecule has 0 heterocycles. The molecule has 0 saturated heterocycles. The fraction of sp³-hybridized carbons (Fsp3) is 0.538. The average Bonchev–Trinajstić information content (AvgIpc) is 2.37. The third kappa shape index (κ3) is 6.56. The van der Waals surface area contributed by atoms with Crippen molar-refractivity contribution in [3.05, 3.63) is 29.8 Å². The first-order chi connectivity index (χ1) is 8.72. The monoisotopic (exact) mass is 255 g/mol. The Labute approximate surface area is 107 Å². The minimum atomic E-state index is -0.529. The highest BCUT2D eigenvalue weighted by molar-refractivity contribution is 5.25. The van der Waals surface area contributed by atoms with E-state index in [0.717, 1.165) is 5.56 Å². The second-order valence-corrected chi connectivity index (χ2v) is 4.02. The maximum Gasteiger partial charge on any atom is 0.115 e. The SMILES string of the molecule is COCCOCC(O)CNCc1ccc(O)cc1. The minimum Gasteiger partial charge on any atom is -0.508 e. The van der Waals surface area contributed by atoms with Gasteiger partial charge in [0.2, 0.25) is 0 Å². The van der Waals surface area contributed by atoms with Crippen LogP contribution in [-0.2, 0) is 16.0 Å². The summed E-state index contributed by atoms with van der Waals surface area (Å²) in [4.78, 5) is 0. The first-order valence-electron chi connectivity index (χ1n) is 5.95. The number of phenolic OH excluding ortho intramolecular Hbond substituents is 1. The largest absolute Gasteiger partial charge is 0.508 e. The molecular formula is C13H21NO4. The summed E-state index contributed by atoms with van der Waals surface area (Å²) in [7, 11) is 1.61. The van der Waals surface area contributed by atoms with Crippen molar-refractivity contribution in [1.82, 2.24) is 5.32 Å². The number of hydrogen-bond acceptors (Lipinski definition) is 5. The topological polar surface area (TPSA) is 71.0 Å². The molecule has 0 fully saturated rings. The molecular weight excluding hydrogens is 234 g/mol. The van der Waals surface area contributed by atoms with Crippen molar-refractivity contribution < 1.29 is 19.7 Å². The number of ether oxygens (including phenoxy) is 2. The summed E-state index contributed by atoms with van der Waals surface area (Å²) >= 11 is 0. The van der Waals surface area contributed by atoms with Gasteiger partial charge in [-0.15, -0.1) is 0 Å². The van der Waals surface area contributed by atoms with Crippen molar-refractivity contribution in [3.8, 4) is 5.75 Å². The maximum absolute atomic E-state index is 9.60. The van der Waals surface area contributed by atoms with Gasteiger partial charge in [-0.25, -0.2) is 0 Å². The lowest BCUT2D eigenvalue weighted by atomic mass is 10.2. The Bertz CT molecular complexity index is 315. The van der Waals surface area contributed by atoms with Crippen LogP contribution in [0.25, 0.3) is 0 Å². The molecule has 1 aromatic rings. The molecule has 0 aromatic heterocycles. The second kappa shape index (κ2) is 8.88. The van der Waals surface area contributed by atoms with Gasteiger partial charge in [-0.1, -0.05) is 12.1 Å². The van der Waals surface area contributed by atoms with E-state index in [2.05, 4.69) is 5.32 Å². The molecule has 5 nitrogen and oxygen atoms in total. The number of aliphatic hydroxyl groups is 1. The number of aliphatic hydroxyl groups excluding tert-OH is 1. The van der Waals surface area contributed by atoms with Gasteiger partial charge in [0, 0.05) is 20.2 Å². The van der Waals surface area contributed by atoms with E-state index in [9.17, 15) is 5.11 Å². The van der Waals surface area contributed by atoms with Crippen molar-refractivity contribution in [1.29, 1.82) is 0 Å². The van der Waals surface area contributed by atoms with Crippen LogP contribution in [0.4, 0.5) is 0 Å². The Hall–Kier alpha value is -1.14. The van der Waals surface area contributed by atoms with Crippen LogP contribution in [0.15, 0.2) is 24.3 Å². The number of phenols is 1. The van der Waals surface area contributed by atoms with Crippen LogP contribution in [0.5, 0.6) is 5.75 Å². The molecule has 0 aliphatic heterocycles. The number of rotatable bonds is 9. The molecule has 5 heteroatoms. The van der Waals surface area contributed by atoms with E-state index in [1.807, 2.05) is 12.1 Å². The zero-order valence-electron chi connectivity index (χ0n) is 10.6. The lowest BCUT2D eigenvalue weighted by Crippen LogP contribution is -2.30. The Morgan fingerprint density at radius 1 is 1.22 bits per heavy atom. The second-order valence-electron chi connectivity index (χ2n) is 4.02. The zero-order chi connectivity index (χ0) is 13.2. The molecule has 1 unspecified atom stereocenters. The molecule has 1 aromatic carbocycles. The first kappa shape index (κ1) is 14.9. The smallest absolute Gasteiger partial charge is 0.115 e. The van der Waals surface area contributed by atoms with Crippen LogP contribution in [0.1, 0.15) is 5.56 Å². The van der Waals surface area contributed by atoms with E-state index < -0.39 is 6.10 Å². The molecule has 0 saturated carbocycles. The Morgan fingerprint density at radius 2 is 1.94 bits per heavy atom. The van der Waals surface area contributed by atoms with E-state index in [0.29, 0.717) is 32.9 Å². The van der Waals surface area contributed by atoms with E-state index in [1.54, 1.807) is 19.2 Å². The summed E-state index contributed by atoms with van der Waals surface area (Å²) in [6.45, 7) is 2.44. The molecule has 102 valence electrons. The van der Waals surface area contributed by atoms with Gasteiger partial charge in [0.05, 0.1) is 25.9 Å². The van der Waals surface area contributed by atoms with Gasteiger partial charge in [0.1, 0.15) is 5.75 Å². The third-order valence-corrected chi connectivity index (χ3v) is 2.39. The predicted octanol–water partition coefficient (Wildman–Crippen LogP) is 0.506. The van der Waals surface area contributed by atoms with Crippen LogP contribution in [0, 0.1) is 0 Å². The summed E-state index contributed by atoms with van der Waals surface area (Å²) in [5.74, 6) is 0.255. The number of nitrogens with one attached hydrogen (secondary N) is 1. The average molecular weight is 255 g/mol. The summed E-state index contributed by atoms with van der Waals surface area (Å²) in [5, 5.41) is 21.8. The number of aromatic hydroxyl groups is 1. The molecule has 0 spiro atoms. The minimum absolute atomic E-state index is 0.255. The van der Waals surface area contributed by atoms with Gasteiger partial charge >= 0.3 is 0 Å². The van der Waals surface area contributed by atoms with Crippen molar-refractivity contribution in [3.63, 3.8) is 0 Å². The number of hydrogen-bond donors (Lipinski definition) is 3. The quantitative estimate of drug-likeness (QED) is 0.561. The van der Waals surface area contributed by atoms with Crippen LogP contribution in [0.2, 0.25) is 0 Å². The van der Waals surface area contributed by atoms with E-state index in [4.69, 9.17) is 14.6 Å². The van der Waals surface area contributed by atoms with Gasteiger partial charge in [0.15, 0.2) is 0 Å². The van der Waals surface area contributed by atoms with Gasteiger partial charge in [-0.05, 0) is 17.7 Å². The zero-order valence-corrected chi connectivity index (χ0v) is 10.6. The number of benzene rings is 1. The van der Waals surface area contributed by atoms with E-state index >= 15 is 0 Å². The normalized spacial score (nSPS) is 12.6. The Kier molecular flexibility index (Phi) is 7.36. The third-order valence-electron chi connectivity index (χ3n) is 2.39. The van der Waals surface area contributed by atoms with Crippen molar-refractivity contribution in [2.75, 3.05) is 33.5 Å². The summed E-state index contributed by atoms with van der Waals surface area (Å²) in [6, 6.07) is 6.95. The molecule has 18 heavy (non-hydrogen) atoms. The molecule has 0 aliphatic carbocycles. The van der Waals surface area contributed by atoms with Crippen molar-refractivity contribution in [2.24, 2.45) is 0 Å². The lowest BCUT2D eigenvalue weighted by Gasteiger charge is -2.12. The van der Waals surface area contributed by atoms with Gasteiger partial charge in [-0.3, -0.25) is 0 Å². The highest BCUT2D eigenvalue weighted by atomic mass is 16.5.